The van der Waals surface area contributed by atoms with Gasteiger partial charge >= 0.3 is 0 Å². The SMILES string of the molecule is N#CCNC(=O)CCc1cccc(N)c1. The number of carbonyl (C=O) groups is 1. The average molecular weight is 203 g/mol. The van der Waals surface area contributed by atoms with Crippen molar-refractivity contribution in [3.8, 4) is 6.07 Å². The molecule has 0 heterocycles. The van der Waals surface area contributed by atoms with Gasteiger partial charge in [-0.1, -0.05) is 12.1 Å². The fraction of sp³-hybridized carbons (Fsp3) is 0.273. The van der Waals surface area contributed by atoms with Gasteiger partial charge in [-0.15, -0.1) is 0 Å². The van der Waals surface area contributed by atoms with Crippen LogP contribution in [0.4, 0.5) is 5.69 Å². The van der Waals surface area contributed by atoms with Crippen molar-refractivity contribution in [2.75, 3.05) is 12.3 Å². The maximum absolute atomic E-state index is 11.2. The molecule has 1 aromatic rings. The quantitative estimate of drug-likeness (QED) is 0.562. The number of anilines is 1. The molecule has 0 spiro atoms. The lowest BCUT2D eigenvalue weighted by atomic mass is 10.1. The molecule has 0 unspecified atom stereocenters. The maximum Gasteiger partial charge on any atom is 0.221 e. The fourth-order valence-electron chi connectivity index (χ4n) is 1.23. The molecule has 0 bridgehead atoms. The fourth-order valence-corrected chi connectivity index (χ4v) is 1.23. The number of nitrogens with one attached hydrogen (secondary N) is 1. The normalized spacial score (nSPS) is 9.27. The van der Waals surface area contributed by atoms with Crippen LogP contribution in [0.25, 0.3) is 0 Å². The number of nitrogens with zero attached hydrogens (tertiary/aromatic N) is 1. The second-order valence-corrected chi connectivity index (χ2v) is 3.18. The highest BCUT2D eigenvalue weighted by atomic mass is 16.1. The minimum atomic E-state index is -0.112. The molecule has 15 heavy (non-hydrogen) atoms. The van der Waals surface area contributed by atoms with Crippen molar-refractivity contribution in [1.29, 1.82) is 5.26 Å². The Kier molecular flexibility index (Phi) is 4.17. The first-order valence-electron chi connectivity index (χ1n) is 4.70. The van der Waals surface area contributed by atoms with E-state index in [-0.39, 0.29) is 12.5 Å². The average Bonchev–Trinajstić information content (AvgIpc) is 2.23. The lowest BCUT2D eigenvalue weighted by Crippen LogP contribution is -2.23. The van der Waals surface area contributed by atoms with Gasteiger partial charge in [-0.2, -0.15) is 5.26 Å². The zero-order valence-electron chi connectivity index (χ0n) is 8.36. The van der Waals surface area contributed by atoms with E-state index < -0.39 is 0 Å². The molecular formula is C11H13N3O. The number of nitriles is 1. The smallest absolute Gasteiger partial charge is 0.221 e. The van der Waals surface area contributed by atoms with Crippen molar-refractivity contribution < 1.29 is 4.79 Å². The monoisotopic (exact) mass is 203 g/mol. The van der Waals surface area contributed by atoms with E-state index in [2.05, 4.69) is 5.32 Å². The van der Waals surface area contributed by atoms with Crippen LogP contribution >= 0.6 is 0 Å². The Balaban J connectivity index is 2.37. The summed E-state index contributed by atoms with van der Waals surface area (Å²) in [7, 11) is 0. The highest BCUT2D eigenvalue weighted by Crippen LogP contribution is 2.08. The first kappa shape index (κ1) is 11.1. The molecule has 4 heteroatoms. The molecule has 0 atom stereocenters. The first-order valence-corrected chi connectivity index (χ1v) is 4.70. The van der Waals surface area contributed by atoms with Crippen LogP contribution in [0, 0.1) is 11.3 Å². The Morgan fingerprint density at radius 1 is 1.53 bits per heavy atom. The Labute approximate surface area is 88.7 Å². The molecule has 4 nitrogen and oxygen atoms in total. The number of hydrogen-bond donors (Lipinski definition) is 2. The van der Waals surface area contributed by atoms with Crippen LogP contribution in [-0.2, 0) is 11.2 Å². The lowest BCUT2D eigenvalue weighted by Gasteiger charge is -2.02. The molecule has 0 aliphatic rings. The minimum Gasteiger partial charge on any atom is -0.399 e. The number of amides is 1. The molecule has 0 fully saturated rings. The largest absolute Gasteiger partial charge is 0.399 e. The van der Waals surface area contributed by atoms with Crippen molar-refractivity contribution in [2.45, 2.75) is 12.8 Å². The third-order valence-corrected chi connectivity index (χ3v) is 1.96. The van der Waals surface area contributed by atoms with Crippen molar-refractivity contribution >= 4 is 11.6 Å². The zero-order valence-corrected chi connectivity index (χ0v) is 8.36. The summed E-state index contributed by atoms with van der Waals surface area (Å²) in [6.45, 7) is 0.0652. The number of nitrogens with two attached hydrogens (primary N) is 1. The molecule has 1 amide bonds. The van der Waals surface area contributed by atoms with Gasteiger partial charge in [-0.05, 0) is 24.1 Å². The second kappa shape index (κ2) is 5.66. The standard InChI is InChI=1S/C11H13N3O/c12-6-7-14-11(15)5-4-9-2-1-3-10(13)8-9/h1-3,8H,4-5,7,13H2,(H,14,15). The van der Waals surface area contributed by atoms with Gasteiger partial charge in [-0.25, -0.2) is 0 Å². The Hall–Kier alpha value is -2.02. The maximum atomic E-state index is 11.2. The van der Waals surface area contributed by atoms with E-state index in [0.717, 1.165) is 5.56 Å². The van der Waals surface area contributed by atoms with Crippen LogP contribution in [0.2, 0.25) is 0 Å². The van der Waals surface area contributed by atoms with Crippen LogP contribution in [0.5, 0.6) is 0 Å². The third-order valence-electron chi connectivity index (χ3n) is 1.96. The van der Waals surface area contributed by atoms with Gasteiger partial charge in [0.25, 0.3) is 0 Å². The van der Waals surface area contributed by atoms with E-state index in [9.17, 15) is 4.79 Å². The van der Waals surface area contributed by atoms with Crippen LogP contribution in [-0.4, -0.2) is 12.5 Å². The van der Waals surface area contributed by atoms with Gasteiger partial charge in [0, 0.05) is 12.1 Å². The first-order chi connectivity index (χ1) is 7.22. The van der Waals surface area contributed by atoms with E-state index in [1.54, 1.807) is 6.07 Å². The molecule has 1 aromatic carbocycles. The summed E-state index contributed by atoms with van der Waals surface area (Å²) < 4.78 is 0. The van der Waals surface area contributed by atoms with Crippen LogP contribution in [0.3, 0.4) is 0 Å². The number of aryl methyl sites for hydroxylation is 1. The number of nitrogen functional groups attached to an aromatic ring is 1. The molecule has 0 saturated heterocycles. The van der Waals surface area contributed by atoms with Gasteiger partial charge in [0.15, 0.2) is 0 Å². The van der Waals surface area contributed by atoms with E-state index >= 15 is 0 Å². The van der Waals surface area contributed by atoms with Gasteiger partial charge in [0.1, 0.15) is 6.54 Å². The highest BCUT2D eigenvalue weighted by Gasteiger charge is 2.01. The molecule has 0 saturated carbocycles. The summed E-state index contributed by atoms with van der Waals surface area (Å²) in [4.78, 5) is 11.2. The van der Waals surface area contributed by atoms with Crippen molar-refractivity contribution in [3.63, 3.8) is 0 Å². The zero-order chi connectivity index (χ0) is 11.1. The predicted octanol–water partition coefficient (Wildman–Crippen LogP) is 0.841. The van der Waals surface area contributed by atoms with E-state index in [1.807, 2.05) is 24.3 Å². The molecular weight excluding hydrogens is 190 g/mol. The highest BCUT2D eigenvalue weighted by molar-refractivity contribution is 5.76. The van der Waals surface area contributed by atoms with Gasteiger partial charge in [-0.3, -0.25) is 4.79 Å². The molecule has 3 N–H and O–H groups in total. The van der Waals surface area contributed by atoms with E-state index in [1.165, 1.54) is 0 Å². The number of hydrogen-bond acceptors (Lipinski definition) is 3. The Morgan fingerprint density at radius 3 is 3.00 bits per heavy atom. The van der Waals surface area contributed by atoms with Crippen molar-refractivity contribution in [1.82, 2.24) is 5.32 Å². The summed E-state index contributed by atoms with van der Waals surface area (Å²) in [6.07, 6.45) is 1.02. The number of benzene rings is 1. The van der Waals surface area contributed by atoms with Crippen LogP contribution in [0.15, 0.2) is 24.3 Å². The third kappa shape index (κ3) is 4.14. The molecule has 0 radical (unpaired) electrons. The summed E-state index contributed by atoms with van der Waals surface area (Å²) in [5.74, 6) is -0.112. The van der Waals surface area contributed by atoms with E-state index in [0.29, 0.717) is 18.5 Å². The number of rotatable bonds is 4. The van der Waals surface area contributed by atoms with Gasteiger partial charge < -0.3 is 11.1 Å². The van der Waals surface area contributed by atoms with Crippen LogP contribution < -0.4 is 11.1 Å². The summed E-state index contributed by atoms with van der Waals surface area (Å²) in [5.41, 5.74) is 7.33. The summed E-state index contributed by atoms with van der Waals surface area (Å²) in [5, 5.41) is 10.7. The van der Waals surface area contributed by atoms with Crippen molar-refractivity contribution in [2.24, 2.45) is 0 Å². The minimum absolute atomic E-state index is 0.0652. The Morgan fingerprint density at radius 2 is 2.33 bits per heavy atom. The predicted molar refractivity (Wildman–Crippen MR) is 57.8 cm³/mol. The van der Waals surface area contributed by atoms with Crippen LogP contribution in [0.1, 0.15) is 12.0 Å². The molecule has 1 rings (SSSR count). The van der Waals surface area contributed by atoms with Gasteiger partial charge in [0.2, 0.25) is 5.91 Å². The van der Waals surface area contributed by atoms with Crippen molar-refractivity contribution in [3.05, 3.63) is 29.8 Å². The van der Waals surface area contributed by atoms with Gasteiger partial charge in [0.05, 0.1) is 6.07 Å². The lowest BCUT2D eigenvalue weighted by molar-refractivity contribution is -0.120. The molecule has 78 valence electrons. The summed E-state index contributed by atoms with van der Waals surface area (Å²) in [6, 6.07) is 9.29. The molecule has 0 aliphatic carbocycles. The molecule has 0 aliphatic heterocycles. The Bertz CT molecular complexity index is 382. The topological polar surface area (TPSA) is 78.9 Å². The molecule has 0 aromatic heterocycles. The second-order valence-electron chi connectivity index (χ2n) is 3.18. The summed E-state index contributed by atoms with van der Waals surface area (Å²) >= 11 is 0. The number of carbonyl (C=O) groups excluding carboxylic acids is 1. The van der Waals surface area contributed by atoms with E-state index in [4.69, 9.17) is 11.0 Å².